The van der Waals surface area contributed by atoms with Crippen LogP contribution < -0.4 is 10.6 Å². The van der Waals surface area contributed by atoms with Crippen molar-refractivity contribution in [3.8, 4) is 0 Å². The van der Waals surface area contributed by atoms with Gasteiger partial charge in [0.15, 0.2) is 5.96 Å². The van der Waals surface area contributed by atoms with Crippen molar-refractivity contribution in [1.29, 1.82) is 0 Å². The molecule has 132 valence electrons. The Morgan fingerprint density at radius 2 is 1.91 bits per heavy atom. The third-order valence-corrected chi connectivity index (χ3v) is 4.47. The Kier molecular flexibility index (Phi) is 11.1. The lowest BCUT2D eigenvalue weighted by molar-refractivity contribution is 0.472. The van der Waals surface area contributed by atoms with Gasteiger partial charge in [-0.2, -0.15) is 0 Å². The molecule has 1 heterocycles. The second kappa shape index (κ2) is 12.6. The van der Waals surface area contributed by atoms with E-state index in [4.69, 9.17) is 0 Å². The first-order valence-electron chi connectivity index (χ1n) is 8.79. The van der Waals surface area contributed by atoms with Gasteiger partial charge in [0, 0.05) is 39.1 Å². The van der Waals surface area contributed by atoms with Crippen molar-refractivity contribution >= 4 is 29.9 Å². The number of nitrogens with zero attached hydrogens (tertiary/aromatic N) is 3. The van der Waals surface area contributed by atoms with Crippen molar-refractivity contribution in [2.45, 2.75) is 57.9 Å². The first kappa shape index (κ1) is 20.3. The van der Waals surface area contributed by atoms with Crippen molar-refractivity contribution in [2.75, 3.05) is 20.1 Å². The molecule has 1 fully saturated rings. The van der Waals surface area contributed by atoms with Crippen LogP contribution in [0.5, 0.6) is 0 Å². The van der Waals surface area contributed by atoms with Gasteiger partial charge in [-0.05, 0) is 18.8 Å². The van der Waals surface area contributed by atoms with Gasteiger partial charge < -0.3 is 15.2 Å². The van der Waals surface area contributed by atoms with Gasteiger partial charge in [-0.1, -0.05) is 38.5 Å². The van der Waals surface area contributed by atoms with Gasteiger partial charge in [-0.3, -0.25) is 4.99 Å². The van der Waals surface area contributed by atoms with Crippen LogP contribution in [0.15, 0.2) is 23.7 Å². The van der Waals surface area contributed by atoms with E-state index in [1.165, 1.54) is 44.9 Å². The minimum absolute atomic E-state index is 0. The second-order valence-electron chi connectivity index (χ2n) is 6.23. The molecule has 0 bridgehead atoms. The molecule has 0 amide bonds. The molecule has 1 aromatic heterocycles. The van der Waals surface area contributed by atoms with Crippen LogP contribution >= 0.6 is 24.0 Å². The fourth-order valence-corrected chi connectivity index (χ4v) is 3.17. The first-order chi connectivity index (χ1) is 10.9. The number of hydrogen-bond donors (Lipinski definition) is 2. The monoisotopic (exact) mass is 433 g/mol. The van der Waals surface area contributed by atoms with E-state index in [2.05, 4.69) is 25.2 Å². The lowest BCUT2D eigenvalue weighted by Crippen LogP contribution is -2.38. The average Bonchev–Trinajstić information content (AvgIpc) is 3.22. The maximum Gasteiger partial charge on any atom is 0.190 e. The van der Waals surface area contributed by atoms with E-state index in [-0.39, 0.29) is 24.0 Å². The highest BCUT2D eigenvalue weighted by atomic mass is 127. The van der Waals surface area contributed by atoms with Gasteiger partial charge in [-0.15, -0.1) is 24.0 Å². The van der Waals surface area contributed by atoms with Gasteiger partial charge in [0.05, 0.1) is 6.33 Å². The minimum Gasteiger partial charge on any atom is -0.356 e. The topological polar surface area (TPSA) is 54.2 Å². The Labute approximate surface area is 157 Å². The van der Waals surface area contributed by atoms with Crippen molar-refractivity contribution in [3.05, 3.63) is 18.7 Å². The lowest BCUT2D eigenvalue weighted by atomic mass is 10.0. The van der Waals surface area contributed by atoms with Gasteiger partial charge in [-0.25, -0.2) is 4.98 Å². The number of hydrogen-bond acceptors (Lipinski definition) is 2. The molecule has 23 heavy (non-hydrogen) atoms. The number of imidazole rings is 1. The quantitative estimate of drug-likeness (QED) is 0.272. The summed E-state index contributed by atoms with van der Waals surface area (Å²) in [6.07, 6.45) is 16.6. The minimum atomic E-state index is 0. The maximum atomic E-state index is 4.27. The number of aryl methyl sites for hydroxylation is 1. The number of aliphatic imine (C=N–C) groups is 1. The van der Waals surface area contributed by atoms with E-state index in [0.717, 1.165) is 37.9 Å². The molecule has 1 aliphatic rings. The molecule has 5 nitrogen and oxygen atoms in total. The van der Waals surface area contributed by atoms with Crippen molar-refractivity contribution in [1.82, 2.24) is 20.2 Å². The molecule has 0 radical (unpaired) electrons. The number of nitrogens with one attached hydrogen (secondary N) is 2. The molecule has 6 heteroatoms. The van der Waals surface area contributed by atoms with Gasteiger partial charge >= 0.3 is 0 Å². The molecule has 0 unspecified atom stereocenters. The van der Waals surface area contributed by atoms with E-state index in [9.17, 15) is 0 Å². The summed E-state index contributed by atoms with van der Waals surface area (Å²) in [4.78, 5) is 8.32. The Morgan fingerprint density at radius 3 is 2.57 bits per heavy atom. The first-order valence-corrected chi connectivity index (χ1v) is 8.79. The van der Waals surface area contributed by atoms with Gasteiger partial charge in [0.1, 0.15) is 0 Å². The van der Waals surface area contributed by atoms with Crippen LogP contribution in [0.3, 0.4) is 0 Å². The van der Waals surface area contributed by atoms with E-state index in [0.29, 0.717) is 0 Å². The van der Waals surface area contributed by atoms with Crippen molar-refractivity contribution < 1.29 is 0 Å². The lowest BCUT2D eigenvalue weighted by Gasteiger charge is -2.13. The number of unbranched alkanes of at least 4 members (excludes halogenated alkanes) is 1. The predicted octanol–water partition coefficient (Wildman–Crippen LogP) is 3.42. The summed E-state index contributed by atoms with van der Waals surface area (Å²) < 4.78 is 2.10. The van der Waals surface area contributed by atoms with Gasteiger partial charge in [0.2, 0.25) is 0 Å². The molecule has 1 aliphatic carbocycles. The van der Waals surface area contributed by atoms with Crippen molar-refractivity contribution in [3.63, 3.8) is 0 Å². The molecular formula is C17H32IN5. The van der Waals surface area contributed by atoms with E-state index < -0.39 is 0 Å². The molecule has 0 atom stereocenters. The van der Waals surface area contributed by atoms with E-state index >= 15 is 0 Å². The van der Waals surface area contributed by atoms with Crippen LogP contribution in [0.4, 0.5) is 0 Å². The van der Waals surface area contributed by atoms with Crippen LogP contribution in [0.1, 0.15) is 51.4 Å². The molecule has 1 saturated carbocycles. The largest absolute Gasteiger partial charge is 0.356 e. The fraction of sp³-hybridized carbons (Fsp3) is 0.765. The van der Waals surface area contributed by atoms with Gasteiger partial charge in [0.25, 0.3) is 0 Å². The highest BCUT2D eigenvalue weighted by Gasteiger charge is 2.13. The second-order valence-corrected chi connectivity index (χ2v) is 6.23. The number of halogens is 1. The Hall–Kier alpha value is -0.790. The maximum absolute atomic E-state index is 4.27. The molecule has 0 saturated heterocycles. The molecular weight excluding hydrogens is 401 g/mol. The highest BCUT2D eigenvalue weighted by Crippen LogP contribution is 2.28. The zero-order valence-electron chi connectivity index (χ0n) is 14.3. The number of guanidine groups is 1. The molecule has 0 aliphatic heterocycles. The molecule has 2 rings (SSSR count). The molecule has 0 aromatic carbocycles. The summed E-state index contributed by atoms with van der Waals surface area (Å²) in [5, 5.41) is 6.78. The Balaban J connectivity index is 0.00000264. The van der Waals surface area contributed by atoms with Crippen LogP contribution in [0.25, 0.3) is 0 Å². The zero-order chi connectivity index (χ0) is 15.5. The van der Waals surface area contributed by atoms with Crippen LogP contribution in [-0.4, -0.2) is 35.6 Å². The zero-order valence-corrected chi connectivity index (χ0v) is 16.7. The summed E-state index contributed by atoms with van der Waals surface area (Å²) in [5.41, 5.74) is 0. The predicted molar refractivity (Wildman–Crippen MR) is 107 cm³/mol. The standard InChI is InChI=1S/C17H31N5.HI/c1-18-17(21-11-6-13-22-14-12-19-15-22)20-10-5-4-9-16-7-2-3-8-16;/h12,14-16H,2-11,13H2,1H3,(H2,18,20,21);1H. The molecule has 0 spiro atoms. The summed E-state index contributed by atoms with van der Waals surface area (Å²) in [5.74, 6) is 1.94. The SMILES string of the molecule is CN=C(NCCCCC1CCCC1)NCCCn1ccnc1.I. The van der Waals surface area contributed by atoms with Crippen LogP contribution in [0, 0.1) is 5.92 Å². The van der Waals surface area contributed by atoms with Crippen molar-refractivity contribution in [2.24, 2.45) is 10.9 Å². The third kappa shape index (κ3) is 8.58. The normalized spacial score (nSPS) is 15.4. The van der Waals surface area contributed by atoms with E-state index in [1.807, 2.05) is 25.8 Å². The molecule has 1 aromatic rings. The average molecular weight is 433 g/mol. The highest BCUT2D eigenvalue weighted by molar-refractivity contribution is 14.0. The summed E-state index contributed by atoms with van der Waals surface area (Å²) in [6, 6.07) is 0. The summed E-state index contributed by atoms with van der Waals surface area (Å²) >= 11 is 0. The van der Waals surface area contributed by atoms with E-state index in [1.54, 1.807) is 0 Å². The summed E-state index contributed by atoms with van der Waals surface area (Å²) in [7, 11) is 1.84. The Morgan fingerprint density at radius 1 is 1.17 bits per heavy atom. The fourth-order valence-electron chi connectivity index (χ4n) is 3.17. The summed E-state index contributed by atoms with van der Waals surface area (Å²) in [6.45, 7) is 2.94. The van der Waals surface area contributed by atoms with Crippen LogP contribution in [-0.2, 0) is 6.54 Å². The molecule has 2 N–H and O–H groups in total. The van der Waals surface area contributed by atoms with Crippen LogP contribution in [0.2, 0.25) is 0 Å². The Bertz CT molecular complexity index is 413. The number of aromatic nitrogens is 2. The third-order valence-electron chi connectivity index (χ3n) is 4.47. The smallest absolute Gasteiger partial charge is 0.190 e. The number of rotatable bonds is 9.